The fraction of sp³-hybridized carbons (Fsp3) is 0.304. The van der Waals surface area contributed by atoms with E-state index in [9.17, 15) is 0 Å². The molecule has 0 unspecified atom stereocenters. The maximum absolute atomic E-state index is 7.50. The summed E-state index contributed by atoms with van der Waals surface area (Å²) in [5.41, 5.74) is 29.6. The summed E-state index contributed by atoms with van der Waals surface area (Å²) < 4.78 is 12.4. The number of benzene rings is 9. The van der Waals surface area contributed by atoms with Gasteiger partial charge in [0.15, 0.2) is 16.6 Å². The van der Waals surface area contributed by atoms with E-state index in [2.05, 4.69) is 289 Å². The molecule has 0 spiro atoms. The lowest BCUT2D eigenvalue weighted by molar-refractivity contribution is -0.633. The average Bonchev–Trinajstić information content (AvgIpc) is 1.25. The second-order valence-corrected chi connectivity index (χ2v) is 32.3. The molecule has 15 rings (SSSR count). The molecule has 0 amide bonds. The summed E-state index contributed by atoms with van der Waals surface area (Å²) in [6, 6.07) is 57.3. The molecule has 87 heavy (non-hydrogen) atoms. The van der Waals surface area contributed by atoms with Crippen LogP contribution in [-0.4, -0.2) is 11.3 Å². The zero-order chi connectivity index (χ0) is 61.0. The highest BCUT2D eigenvalue weighted by Crippen LogP contribution is 2.59. The van der Waals surface area contributed by atoms with E-state index < -0.39 is 0 Å². The van der Waals surface area contributed by atoms with Crippen molar-refractivity contribution in [3.63, 3.8) is 0 Å². The van der Waals surface area contributed by atoms with Crippen LogP contribution in [0.5, 0.6) is 0 Å². The van der Waals surface area contributed by atoms with Crippen molar-refractivity contribution in [2.45, 2.75) is 171 Å². The van der Waals surface area contributed by atoms with E-state index >= 15 is 0 Å². The highest BCUT2D eigenvalue weighted by molar-refractivity contribution is 8.00. The number of imidazole rings is 1. The monoisotopic (exact) mass is 1180 g/mol. The Bertz CT molecular complexity index is 4610. The van der Waals surface area contributed by atoms with Crippen LogP contribution in [-0.2, 0) is 28.7 Å². The van der Waals surface area contributed by atoms with E-state index in [0.29, 0.717) is 11.8 Å². The second-order valence-electron chi connectivity index (χ2n) is 30.2. The van der Waals surface area contributed by atoms with Crippen molar-refractivity contribution in [2.75, 3.05) is 9.80 Å². The van der Waals surface area contributed by atoms with Gasteiger partial charge >= 0.3 is 0 Å². The molecule has 0 radical (unpaired) electrons. The Hall–Kier alpha value is -7.39. The van der Waals surface area contributed by atoms with E-state index in [-0.39, 0.29) is 28.4 Å². The lowest BCUT2D eigenvalue weighted by atomic mass is 9.33. The first kappa shape index (κ1) is 56.1. The van der Waals surface area contributed by atoms with Gasteiger partial charge in [0.25, 0.3) is 12.5 Å². The number of nitrogens with zero attached hydrogens (tertiary/aromatic N) is 4. The van der Waals surface area contributed by atoms with Gasteiger partial charge in [0.2, 0.25) is 0 Å². The number of furan rings is 1. The van der Waals surface area contributed by atoms with Gasteiger partial charge in [-0.2, -0.15) is 4.57 Å². The summed E-state index contributed by atoms with van der Waals surface area (Å²) in [7, 11) is 2.23. The molecule has 4 aliphatic rings. The number of aromatic nitrogens is 2. The van der Waals surface area contributed by atoms with Crippen LogP contribution in [0.4, 0.5) is 34.1 Å². The second kappa shape index (κ2) is 19.1. The summed E-state index contributed by atoms with van der Waals surface area (Å²) >= 11 is 3.92. The number of anilines is 6. The summed E-state index contributed by atoms with van der Waals surface area (Å²) in [5.74, 6) is 1.74. The Labute approximate surface area is 524 Å². The van der Waals surface area contributed by atoms with E-state index in [1.165, 1.54) is 126 Å². The minimum absolute atomic E-state index is 0.0135. The zero-order valence-corrected chi connectivity index (χ0v) is 55.7. The Morgan fingerprint density at radius 1 is 0.471 bits per heavy atom. The van der Waals surface area contributed by atoms with Crippen molar-refractivity contribution in [1.29, 1.82) is 0 Å². The summed E-state index contributed by atoms with van der Waals surface area (Å²) in [6.45, 7) is 39.8. The summed E-state index contributed by atoms with van der Waals surface area (Å²) in [6.07, 6.45) is 0. The molecule has 0 aliphatic carbocycles. The van der Waals surface area contributed by atoms with Crippen molar-refractivity contribution in [1.82, 2.24) is 4.57 Å². The molecule has 436 valence electrons. The minimum atomic E-state index is -0.0777. The Kier molecular flexibility index (Phi) is 12.3. The van der Waals surface area contributed by atoms with Crippen molar-refractivity contribution in [3.8, 4) is 28.2 Å². The molecule has 0 bridgehead atoms. The quantitative estimate of drug-likeness (QED) is 0.127. The summed E-state index contributed by atoms with van der Waals surface area (Å²) in [4.78, 5) is 10.6. The third kappa shape index (κ3) is 8.46. The molecule has 11 aromatic rings. The van der Waals surface area contributed by atoms with Crippen LogP contribution in [0.2, 0.25) is 0 Å². The maximum Gasteiger partial charge on any atom is 0.299 e. The van der Waals surface area contributed by atoms with Crippen LogP contribution in [0, 0.1) is 6.92 Å². The maximum atomic E-state index is 7.50. The fourth-order valence-electron chi connectivity index (χ4n) is 14.6. The molecule has 0 fully saturated rings. The molecule has 0 atom stereocenters. The number of hydrogen-bond acceptors (Lipinski definition) is 5. The van der Waals surface area contributed by atoms with E-state index in [1.54, 1.807) is 0 Å². The molecule has 5 nitrogen and oxygen atoms in total. The molecular formula is C79H80BN4OS2+. The van der Waals surface area contributed by atoms with E-state index in [0.717, 1.165) is 44.5 Å². The predicted molar refractivity (Wildman–Crippen MR) is 373 cm³/mol. The van der Waals surface area contributed by atoms with E-state index in [1.807, 2.05) is 23.5 Å². The van der Waals surface area contributed by atoms with Gasteiger partial charge in [-0.3, -0.25) is 0 Å². The number of para-hydroxylation sites is 3. The van der Waals surface area contributed by atoms with Crippen LogP contribution in [0.1, 0.15) is 162 Å². The lowest BCUT2D eigenvalue weighted by Crippen LogP contribution is -2.62. The molecular weight excluding hydrogens is 1100 g/mol. The van der Waals surface area contributed by atoms with Gasteiger partial charge in [0, 0.05) is 52.9 Å². The van der Waals surface area contributed by atoms with E-state index in [4.69, 9.17) is 4.42 Å². The van der Waals surface area contributed by atoms with Gasteiger partial charge in [0.1, 0.15) is 16.8 Å². The third-order valence-electron chi connectivity index (χ3n) is 19.5. The average molecular weight is 1180 g/mol. The van der Waals surface area contributed by atoms with Crippen LogP contribution >= 0.6 is 23.5 Å². The molecule has 0 saturated heterocycles. The van der Waals surface area contributed by atoms with Crippen molar-refractivity contribution >= 4 is 114 Å². The summed E-state index contributed by atoms with van der Waals surface area (Å²) in [5, 5.41) is 2.23. The van der Waals surface area contributed by atoms with Crippen molar-refractivity contribution < 1.29 is 8.98 Å². The molecule has 0 saturated carbocycles. The third-order valence-corrected chi connectivity index (χ3v) is 21.6. The van der Waals surface area contributed by atoms with Gasteiger partial charge in [-0.15, -0.1) is 0 Å². The number of aryl methyl sites for hydroxylation is 2. The molecule has 2 aromatic heterocycles. The number of fused-ring (bicyclic) bond motifs is 12. The topological polar surface area (TPSA) is 28.4 Å². The standard InChI is InChI=1S/C79H80BN4OS2/c1-43(2)52-22-21-23-53(44(3)4)71(52)84-59-25-20-19-24-58(59)81(18)75(84)69-45(5)26-30-55-54-31-27-46(36-64(54)85-74(55)69)47-34-62-70-63(35-47)83-61-33-29-49(77(9,10)11)40-66(61)87-68-42-51(79(15,16)17)38-57(73(68)83)80(70)56-37-50(78(12,13)14)41-67-72(56)82(62)60-32-28-48(76(6,7)8)39-65(60)86-67/h19-44H,1-18H3/q+1. The van der Waals surface area contributed by atoms with Crippen LogP contribution in [0.25, 0.3) is 61.2 Å². The van der Waals surface area contributed by atoms with Crippen LogP contribution in [0.15, 0.2) is 170 Å². The highest BCUT2D eigenvalue weighted by atomic mass is 32.2. The largest absolute Gasteiger partial charge is 0.455 e. The number of hydrogen-bond donors (Lipinski definition) is 0. The molecule has 0 N–H and O–H groups in total. The first-order valence-corrected chi connectivity index (χ1v) is 33.2. The fourth-order valence-corrected chi connectivity index (χ4v) is 16.9. The normalized spacial score (nSPS) is 14.4. The molecule has 8 heteroatoms. The van der Waals surface area contributed by atoms with Gasteiger partial charge in [-0.05, 0) is 169 Å². The molecule has 4 aliphatic heterocycles. The lowest BCUT2D eigenvalue weighted by Gasteiger charge is -2.48. The van der Waals surface area contributed by atoms with Gasteiger partial charge < -0.3 is 14.2 Å². The first-order valence-electron chi connectivity index (χ1n) is 31.5. The Morgan fingerprint density at radius 3 is 1.49 bits per heavy atom. The van der Waals surface area contributed by atoms with Crippen LogP contribution in [0.3, 0.4) is 0 Å². The van der Waals surface area contributed by atoms with Crippen LogP contribution < -0.4 is 30.8 Å². The SMILES string of the molecule is Cc1ccc2c(oc3cc(-c4cc5c6c(c4)N4c7ccc(C(C)(C)C)cc7Sc7cc(C(C)(C)C)cc(c74)B6c4cc(C(C)(C)C)cc6c4N5c4ccc(C(C)(C)C)cc4S6)ccc32)c1-c1n(-c2c(C(C)C)cccc2C(C)C)c2ccccc2[n+]1C. The predicted octanol–water partition coefficient (Wildman–Crippen LogP) is 20.4. The molecule has 6 heterocycles. The molecule has 9 aromatic carbocycles. The number of rotatable bonds is 5. The Morgan fingerprint density at radius 2 is 0.977 bits per heavy atom. The van der Waals surface area contributed by atoms with Gasteiger partial charge in [0.05, 0.1) is 29.8 Å². The zero-order valence-electron chi connectivity index (χ0n) is 54.1. The smallest absolute Gasteiger partial charge is 0.299 e. The van der Waals surface area contributed by atoms with Gasteiger partial charge in [-0.1, -0.05) is 207 Å². The Balaban J connectivity index is 1.01. The van der Waals surface area contributed by atoms with Crippen molar-refractivity contribution in [3.05, 3.63) is 185 Å². The van der Waals surface area contributed by atoms with Gasteiger partial charge in [-0.25, -0.2) is 4.57 Å². The van der Waals surface area contributed by atoms with Crippen molar-refractivity contribution in [2.24, 2.45) is 7.05 Å². The first-order chi connectivity index (χ1) is 41.1. The minimum Gasteiger partial charge on any atom is -0.455 e. The highest BCUT2D eigenvalue weighted by Gasteiger charge is 2.49.